The van der Waals surface area contributed by atoms with E-state index >= 15 is 0 Å². The van der Waals surface area contributed by atoms with Gasteiger partial charge in [0.05, 0.1) is 35.7 Å². The third-order valence-electron chi connectivity index (χ3n) is 9.02. The summed E-state index contributed by atoms with van der Waals surface area (Å²) in [5.41, 5.74) is 0.956. The van der Waals surface area contributed by atoms with Crippen molar-refractivity contribution in [1.82, 2.24) is 0 Å². The van der Waals surface area contributed by atoms with E-state index in [1.807, 2.05) is 72.8 Å². The Bertz CT molecular complexity index is 1720. The van der Waals surface area contributed by atoms with Gasteiger partial charge in [-0.3, -0.25) is 9.59 Å². The zero-order chi connectivity index (χ0) is 33.4. The molecule has 6 aromatic carbocycles. The molecule has 6 rings (SSSR count). The van der Waals surface area contributed by atoms with E-state index in [0.717, 1.165) is 21.2 Å². The molecule has 238 valence electrons. The van der Waals surface area contributed by atoms with Crippen LogP contribution >= 0.6 is 14.5 Å². The molecule has 6 aromatic rings. The van der Waals surface area contributed by atoms with Gasteiger partial charge in [-0.1, -0.05) is 72.8 Å². The fraction of sp³-hybridized carbons (Fsp3) is 0.0952. The highest BCUT2D eigenvalue weighted by atomic mass is 31.2. The molecule has 0 saturated heterocycles. The van der Waals surface area contributed by atoms with E-state index in [1.54, 1.807) is 24.3 Å². The summed E-state index contributed by atoms with van der Waals surface area (Å²) in [6.45, 7) is 0. The lowest BCUT2D eigenvalue weighted by Crippen LogP contribution is -2.36. The first kappa shape index (κ1) is 33.3. The van der Waals surface area contributed by atoms with Crippen LogP contribution in [0.25, 0.3) is 0 Å². The van der Waals surface area contributed by atoms with Crippen LogP contribution in [0.5, 0.6) is 0 Å². The zero-order valence-corrected chi connectivity index (χ0v) is 28.2. The van der Waals surface area contributed by atoms with Crippen molar-refractivity contribution in [3.63, 3.8) is 0 Å². The lowest BCUT2D eigenvalue weighted by Gasteiger charge is -2.32. The first-order valence-corrected chi connectivity index (χ1v) is 20.3. The molecule has 6 heteroatoms. The number of halogens is 2. The van der Waals surface area contributed by atoms with Crippen LogP contribution in [0.15, 0.2) is 170 Å². The molecule has 0 N–H and O–H groups in total. The normalized spacial score (nSPS) is 11.6. The topological polar surface area (TPSA) is 34.1 Å². The molecule has 0 heterocycles. The Morgan fingerprint density at radius 3 is 0.875 bits per heavy atom. The summed E-state index contributed by atoms with van der Waals surface area (Å²) in [4.78, 5) is 28.4. The van der Waals surface area contributed by atoms with E-state index in [2.05, 4.69) is 48.5 Å². The third kappa shape index (κ3) is 7.26. The second-order valence-electron chi connectivity index (χ2n) is 11.9. The molecule has 2 nitrogen and oxygen atoms in total. The van der Waals surface area contributed by atoms with E-state index in [-0.39, 0.29) is 35.5 Å². The number of Topliss-reactive ketones (excluding diaryl/α,β-unsaturated/α-hetero) is 2. The molecule has 0 spiro atoms. The fourth-order valence-corrected chi connectivity index (χ4v) is 16.2. The number of rotatable bonds is 13. The Hall–Kier alpha value is -4.62. The van der Waals surface area contributed by atoms with Crippen LogP contribution in [0.1, 0.15) is 20.7 Å². The summed E-state index contributed by atoms with van der Waals surface area (Å²) in [5.74, 6) is -0.849. The SMILES string of the molecule is O=C(C[P+](CC[P+](CC(=O)c1ccc(F)cc1)(c1ccccc1)c1ccccc1)(c1ccccc1)c1ccccc1)c1ccc(F)cc1. The minimum Gasteiger partial charge on any atom is -0.290 e. The van der Waals surface area contributed by atoms with Crippen molar-refractivity contribution < 1.29 is 18.4 Å². The molecule has 0 atom stereocenters. The average molecular weight is 673 g/mol. The third-order valence-corrected chi connectivity index (χ3v) is 18.2. The largest absolute Gasteiger partial charge is 0.290 e. The Kier molecular flexibility index (Phi) is 10.5. The molecule has 0 saturated carbocycles. The number of hydrogen-bond acceptors (Lipinski definition) is 2. The van der Waals surface area contributed by atoms with Gasteiger partial charge in [0.1, 0.15) is 36.3 Å². The number of benzene rings is 6. The van der Waals surface area contributed by atoms with Crippen molar-refractivity contribution in [2.45, 2.75) is 0 Å². The van der Waals surface area contributed by atoms with E-state index in [1.165, 1.54) is 24.3 Å². The monoisotopic (exact) mass is 672 g/mol. The maximum Gasteiger partial charge on any atom is 0.200 e. The van der Waals surface area contributed by atoms with E-state index < -0.39 is 14.5 Å². The summed E-state index contributed by atoms with van der Waals surface area (Å²) in [6.07, 6.45) is 1.87. The number of ketones is 2. The predicted octanol–water partition coefficient (Wildman–Crippen LogP) is 8.37. The number of carbonyl (C=O) groups excluding carboxylic acids is 2. The summed E-state index contributed by atoms with van der Waals surface area (Å²) in [7, 11) is -4.94. The van der Waals surface area contributed by atoms with Crippen molar-refractivity contribution in [2.24, 2.45) is 0 Å². The highest BCUT2D eigenvalue weighted by Gasteiger charge is 2.52. The number of carbonyl (C=O) groups is 2. The van der Waals surface area contributed by atoms with Crippen LogP contribution in [-0.2, 0) is 0 Å². The lowest BCUT2D eigenvalue weighted by molar-refractivity contribution is 0.101. The predicted molar refractivity (Wildman–Crippen MR) is 199 cm³/mol. The standard InChI is InChI=1S/C42H36F2O2P2/c43-35-25-21-33(22-26-35)41(45)31-47(37-13-5-1-6-14-37,38-15-7-2-8-16-38)29-30-48(39-17-9-3-10-18-39,40-19-11-4-12-20-40)32-42(46)34-23-27-36(44)28-24-34/h1-28H,29-32H2/q+2. The molecule has 0 aromatic heterocycles. The smallest absolute Gasteiger partial charge is 0.200 e. The van der Waals surface area contributed by atoms with Gasteiger partial charge in [0.2, 0.25) is 11.6 Å². The maximum absolute atomic E-state index is 14.2. The summed E-state index contributed by atoms with van der Waals surface area (Å²) < 4.78 is 27.8. The molecule has 0 amide bonds. The minimum atomic E-state index is -2.47. The number of hydrogen-bond donors (Lipinski definition) is 0. The van der Waals surface area contributed by atoms with Crippen LogP contribution in [0, 0.1) is 11.6 Å². The van der Waals surface area contributed by atoms with E-state index in [9.17, 15) is 18.4 Å². The first-order valence-electron chi connectivity index (χ1n) is 15.9. The van der Waals surface area contributed by atoms with Crippen molar-refractivity contribution in [3.8, 4) is 0 Å². The average Bonchev–Trinajstić information content (AvgIpc) is 3.14. The van der Waals surface area contributed by atoms with E-state index in [0.29, 0.717) is 23.5 Å². The summed E-state index contributed by atoms with van der Waals surface area (Å²) in [5, 5.41) is 4.43. The van der Waals surface area contributed by atoms with Crippen molar-refractivity contribution in [1.29, 1.82) is 0 Å². The maximum atomic E-state index is 14.2. The fourth-order valence-electron chi connectivity index (χ4n) is 6.48. The molecule has 0 fully saturated rings. The Morgan fingerprint density at radius 1 is 0.375 bits per heavy atom. The van der Waals surface area contributed by atoms with Gasteiger partial charge in [0.25, 0.3) is 0 Å². The van der Waals surface area contributed by atoms with Gasteiger partial charge in [-0.15, -0.1) is 0 Å². The zero-order valence-electron chi connectivity index (χ0n) is 26.5. The van der Waals surface area contributed by atoms with Crippen molar-refractivity contribution in [2.75, 3.05) is 24.6 Å². The molecule has 0 unspecified atom stereocenters. The highest BCUT2D eigenvalue weighted by molar-refractivity contribution is 7.93. The molecule has 0 bridgehead atoms. The second-order valence-corrected chi connectivity index (χ2v) is 19.4. The van der Waals surface area contributed by atoms with Crippen LogP contribution in [0.2, 0.25) is 0 Å². The van der Waals surface area contributed by atoms with Gasteiger partial charge in [-0.05, 0) is 97.1 Å². The van der Waals surface area contributed by atoms with Gasteiger partial charge in [0.15, 0.2) is 0 Å². The van der Waals surface area contributed by atoms with Crippen LogP contribution in [0.3, 0.4) is 0 Å². The van der Waals surface area contributed by atoms with Gasteiger partial charge in [-0.25, -0.2) is 8.78 Å². The van der Waals surface area contributed by atoms with Crippen LogP contribution < -0.4 is 21.2 Å². The Balaban J connectivity index is 1.52. The van der Waals surface area contributed by atoms with E-state index in [4.69, 9.17) is 0 Å². The van der Waals surface area contributed by atoms with Crippen molar-refractivity contribution in [3.05, 3.63) is 193 Å². The Labute approximate surface area is 282 Å². The van der Waals surface area contributed by atoms with Gasteiger partial charge >= 0.3 is 0 Å². The highest BCUT2D eigenvalue weighted by Crippen LogP contribution is 2.64. The molecule has 0 aliphatic heterocycles. The van der Waals surface area contributed by atoms with Gasteiger partial charge in [0, 0.05) is 11.1 Å². The lowest BCUT2D eigenvalue weighted by atomic mass is 10.1. The Morgan fingerprint density at radius 2 is 0.625 bits per heavy atom. The summed E-state index contributed by atoms with van der Waals surface area (Å²) >= 11 is 0. The molecule has 0 aliphatic carbocycles. The molecule has 0 radical (unpaired) electrons. The summed E-state index contributed by atoms with van der Waals surface area (Å²) in [6, 6.07) is 52.6. The first-order chi connectivity index (χ1) is 23.4. The molecule has 48 heavy (non-hydrogen) atoms. The van der Waals surface area contributed by atoms with Crippen LogP contribution in [0.4, 0.5) is 8.78 Å². The van der Waals surface area contributed by atoms with Gasteiger partial charge in [-0.2, -0.15) is 0 Å². The van der Waals surface area contributed by atoms with Gasteiger partial charge < -0.3 is 0 Å². The second kappa shape index (κ2) is 15.1. The molecular formula is C42H36F2O2P2+2. The van der Waals surface area contributed by atoms with Crippen molar-refractivity contribution >= 4 is 47.3 Å². The minimum absolute atomic E-state index is 0.0400. The van der Waals surface area contributed by atoms with Crippen LogP contribution in [-0.4, -0.2) is 36.2 Å². The molecule has 0 aliphatic rings. The quantitative estimate of drug-likeness (QED) is 0.0913. The molecular weight excluding hydrogens is 636 g/mol.